The lowest BCUT2D eigenvalue weighted by Crippen LogP contribution is -2.51. The van der Waals surface area contributed by atoms with E-state index in [4.69, 9.17) is 5.73 Å². The van der Waals surface area contributed by atoms with Gasteiger partial charge in [-0.15, -0.1) is 0 Å². The highest BCUT2D eigenvalue weighted by atomic mass is 16.1. The van der Waals surface area contributed by atoms with Crippen molar-refractivity contribution in [3.8, 4) is 0 Å². The van der Waals surface area contributed by atoms with Gasteiger partial charge in [0.05, 0.1) is 0 Å². The second-order valence-electron chi connectivity index (χ2n) is 6.88. The number of hydrogen-bond donors (Lipinski definition) is 2. The van der Waals surface area contributed by atoms with Gasteiger partial charge in [0.15, 0.2) is 0 Å². The van der Waals surface area contributed by atoms with Gasteiger partial charge in [-0.05, 0) is 36.5 Å². The molecule has 0 aromatic carbocycles. The average molecular weight is 254 g/mol. The van der Waals surface area contributed by atoms with Gasteiger partial charge in [0, 0.05) is 18.5 Å². The molecule has 18 heavy (non-hydrogen) atoms. The zero-order valence-corrected chi connectivity index (χ0v) is 12.6. The van der Waals surface area contributed by atoms with Crippen LogP contribution in [0, 0.1) is 23.2 Å². The van der Waals surface area contributed by atoms with Gasteiger partial charge in [0.25, 0.3) is 0 Å². The molecule has 0 radical (unpaired) electrons. The van der Waals surface area contributed by atoms with Gasteiger partial charge in [-0.1, -0.05) is 34.6 Å². The van der Waals surface area contributed by atoms with Crippen LogP contribution in [-0.2, 0) is 4.79 Å². The zero-order valence-electron chi connectivity index (χ0n) is 12.6. The average Bonchev–Trinajstić information content (AvgIpc) is 2.25. The predicted octanol–water partition coefficient (Wildman–Crippen LogP) is 2.55. The van der Waals surface area contributed by atoms with Crippen LogP contribution >= 0.6 is 0 Å². The standard InChI is InChI=1S/C15H30N2O/c1-10(2)8-9-17-14(18)12-6-7-13(16)11(3)15(12,4)5/h10-13H,6-9,16H2,1-5H3,(H,17,18). The first-order valence-corrected chi connectivity index (χ1v) is 7.30. The Labute approximate surface area is 112 Å². The number of amides is 1. The molecule has 0 aromatic heterocycles. The third kappa shape index (κ3) is 3.47. The van der Waals surface area contributed by atoms with Crippen molar-refractivity contribution in [1.82, 2.24) is 5.32 Å². The van der Waals surface area contributed by atoms with E-state index in [2.05, 4.69) is 39.9 Å². The minimum absolute atomic E-state index is 0.000416. The van der Waals surface area contributed by atoms with Crippen LogP contribution < -0.4 is 11.1 Å². The molecule has 1 fully saturated rings. The summed E-state index contributed by atoms with van der Waals surface area (Å²) >= 11 is 0. The lowest BCUT2D eigenvalue weighted by molar-refractivity contribution is -0.132. The molecule has 0 bridgehead atoms. The quantitative estimate of drug-likeness (QED) is 0.810. The van der Waals surface area contributed by atoms with Crippen molar-refractivity contribution >= 4 is 5.91 Å². The minimum atomic E-state index is -0.000416. The van der Waals surface area contributed by atoms with Crippen LogP contribution in [0.2, 0.25) is 0 Å². The Balaban J connectivity index is 2.57. The third-order valence-electron chi connectivity index (χ3n) is 4.84. The number of nitrogens with two attached hydrogens (primary N) is 1. The van der Waals surface area contributed by atoms with E-state index in [1.54, 1.807) is 0 Å². The molecule has 3 N–H and O–H groups in total. The van der Waals surface area contributed by atoms with Gasteiger partial charge < -0.3 is 11.1 Å². The van der Waals surface area contributed by atoms with Crippen molar-refractivity contribution in [3.05, 3.63) is 0 Å². The Morgan fingerprint density at radius 3 is 2.56 bits per heavy atom. The first-order valence-electron chi connectivity index (χ1n) is 7.30. The van der Waals surface area contributed by atoms with Crippen molar-refractivity contribution in [3.63, 3.8) is 0 Å². The first-order chi connectivity index (χ1) is 8.26. The van der Waals surface area contributed by atoms with Crippen LogP contribution in [0.3, 0.4) is 0 Å². The highest BCUT2D eigenvalue weighted by Crippen LogP contribution is 2.44. The van der Waals surface area contributed by atoms with Gasteiger partial charge in [0.2, 0.25) is 5.91 Å². The lowest BCUT2D eigenvalue weighted by Gasteiger charge is -2.46. The molecule has 3 atom stereocenters. The van der Waals surface area contributed by atoms with Crippen LogP contribution in [0.1, 0.15) is 53.9 Å². The molecule has 0 saturated heterocycles. The zero-order chi connectivity index (χ0) is 13.9. The van der Waals surface area contributed by atoms with E-state index in [9.17, 15) is 4.79 Å². The summed E-state index contributed by atoms with van der Waals surface area (Å²) < 4.78 is 0. The van der Waals surface area contributed by atoms with E-state index in [0.717, 1.165) is 25.8 Å². The Morgan fingerprint density at radius 2 is 2.00 bits per heavy atom. The summed E-state index contributed by atoms with van der Waals surface area (Å²) in [7, 11) is 0. The molecule has 1 amide bonds. The van der Waals surface area contributed by atoms with Gasteiger partial charge in [0.1, 0.15) is 0 Å². The molecular weight excluding hydrogens is 224 g/mol. The molecule has 0 aliphatic heterocycles. The van der Waals surface area contributed by atoms with E-state index >= 15 is 0 Å². The van der Waals surface area contributed by atoms with Crippen LogP contribution in [0.25, 0.3) is 0 Å². The smallest absolute Gasteiger partial charge is 0.223 e. The SMILES string of the molecule is CC(C)CCNC(=O)C1CCC(N)C(C)C1(C)C. The summed E-state index contributed by atoms with van der Waals surface area (Å²) in [5.74, 6) is 1.36. The van der Waals surface area contributed by atoms with Crippen LogP contribution in [-0.4, -0.2) is 18.5 Å². The molecule has 3 unspecified atom stereocenters. The Bertz CT molecular complexity index is 286. The largest absolute Gasteiger partial charge is 0.356 e. The van der Waals surface area contributed by atoms with Crippen molar-refractivity contribution in [2.75, 3.05) is 6.54 Å². The molecule has 1 aliphatic carbocycles. The fourth-order valence-electron chi connectivity index (χ4n) is 2.93. The Hall–Kier alpha value is -0.570. The van der Waals surface area contributed by atoms with E-state index in [0.29, 0.717) is 11.8 Å². The molecule has 0 spiro atoms. The summed E-state index contributed by atoms with van der Waals surface area (Å²) in [6.07, 6.45) is 2.94. The van der Waals surface area contributed by atoms with Crippen molar-refractivity contribution < 1.29 is 4.79 Å². The Morgan fingerprint density at radius 1 is 1.39 bits per heavy atom. The second kappa shape index (κ2) is 6.05. The summed E-state index contributed by atoms with van der Waals surface area (Å²) in [5, 5.41) is 3.09. The minimum Gasteiger partial charge on any atom is -0.356 e. The number of carbonyl (C=O) groups is 1. The first kappa shape index (κ1) is 15.5. The highest BCUT2D eigenvalue weighted by molar-refractivity contribution is 5.79. The van der Waals surface area contributed by atoms with Gasteiger partial charge >= 0.3 is 0 Å². The normalized spacial score (nSPS) is 31.4. The van der Waals surface area contributed by atoms with Gasteiger partial charge in [-0.25, -0.2) is 0 Å². The van der Waals surface area contributed by atoms with E-state index in [1.807, 2.05) is 0 Å². The number of hydrogen-bond acceptors (Lipinski definition) is 2. The molecule has 1 aliphatic rings. The van der Waals surface area contributed by atoms with E-state index < -0.39 is 0 Å². The molecule has 106 valence electrons. The van der Waals surface area contributed by atoms with Crippen molar-refractivity contribution in [2.24, 2.45) is 28.9 Å². The predicted molar refractivity (Wildman–Crippen MR) is 76.1 cm³/mol. The summed E-state index contributed by atoms with van der Waals surface area (Å²) in [5.41, 5.74) is 6.12. The molecule has 0 aromatic rings. The number of carbonyl (C=O) groups excluding carboxylic acids is 1. The molecule has 1 saturated carbocycles. The summed E-state index contributed by atoms with van der Waals surface area (Å²) in [6, 6.07) is 0.236. The number of nitrogens with one attached hydrogen (secondary N) is 1. The maximum atomic E-state index is 12.3. The van der Waals surface area contributed by atoms with Crippen LogP contribution in [0.5, 0.6) is 0 Å². The maximum Gasteiger partial charge on any atom is 0.223 e. The topological polar surface area (TPSA) is 55.1 Å². The molecule has 0 heterocycles. The van der Waals surface area contributed by atoms with E-state index in [-0.39, 0.29) is 23.3 Å². The summed E-state index contributed by atoms with van der Waals surface area (Å²) in [4.78, 5) is 12.3. The fourth-order valence-corrected chi connectivity index (χ4v) is 2.93. The van der Waals surface area contributed by atoms with Crippen molar-refractivity contribution in [2.45, 2.75) is 59.9 Å². The second-order valence-corrected chi connectivity index (χ2v) is 6.88. The van der Waals surface area contributed by atoms with Crippen LogP contribution in [0.4, 0.5) is 0 Å². The van der Waals surface area contributed by atoms with Crippen molar-refractivity contribution in [1.29, 1.82) is 0 Å². The lowest BCUT2D eigenvalue weighted by atomic mass is 9.61. The molecule has 3 heteroatoms. The number of rotatable bonds is 4. The maximum absolute atomic E-state index is 12.3. The Kier molecular flexibility index (Phi) is 5.20. The van der Waals surface area contributed by atoms with Crippen LogP contribution in [0.15, 0.2) is 0 Å². The summed E-state index contributed by atoms with van der Waals surface area (Å²) in [6.45, 7) is 11.7. The molecule has 3 nitrogen and oxygen atoms in total. The molecule has 1 rings (SSSR count). The van der Waals surface area contributed by atoms with Gasteiger partial charge in [-0.2, -0.15) is 0 Å². The molecular formula is C15H30N2O. The highest BCUT2D eigenvalue weighted by Gasteiger charge is 2.44. The monoisotopic (exact) mass is 254 g/mol. The third-order valence-corrected chi connectivity index (χ3v) is 4.84. The van der Waals surface area contributed by atoms with E-state index in [1.165, 1.54) is 0 Å². The fraction of sp³-hybridized carbons (Fsp3) is 0.933. The van der Waals surface area contributed by atoms with Gasteiger partial charge in [-0.3, -0.25) is 4.79 Å².